The van der Waals surface area contributed by atoms with Crippen LogP contribution in [0.2, 0.25) is 5.02 Å². The van der Waals surface area contributed by atoms with E-state index in [1.54, 1.807) is 13.0 Å². The minimum absolute atomic E-state index is 0. The molecular formula is C17H17Cl2FN4O2. The summed E-state index contributed by atoms with van der Waals surface area (Å²) in [6.45, 7) is 1.69. The van der Waals surface area contributed by atoms with E-state index in [2.05, 4.69) is 15.3 Å². The number of aryl methyl sites for hydroxylation is 1. The highest BCUT2D eigenvalue weighted by atomic mass is 35.5. The molecule has 0 atom stereocenters. The lowest BCUT2D eigenvalue weighted by atomic mass is 9.98. The Morgan fingerprint density at radius 2 is 1.88 bits per heavy atom. The maximum atomic E-state index is 14.3. The number of nitrogens with two attached hydrogens (primary N) is 1. The second-order valence-corrected chi connectivity index (χ2v) is 6.75. The molecule has 1 aromatic carbocycles. The number of aromatic nitrogens is 3. The van der Waals surface area contributed by atoms with E-state index in [1.807, 2.05) is 0 Å². The van der Waals surface area contributed by atoms with Crippen molar-refractivity contribution in [2.24, 2.45) is 5.73 Å². The SMILES string of the molecule is Cc1onc(-c2c(F)cccc2Cl)c1-c1nc(C2(N)CCCC2)no1.Cl. The smallest absolute Gasteiger partial charge is 0.263 e. The molecule has 138 valence electrons. The van der Waals surface area contributed by atoms with E-state index in [0.717, 1.165) is 25.7 Å². The topological polar surface area (TPSA) is 91.0 Å². The molecule has 1 aliphatic carbocycles. The number of hydrogen-bond donors (Lipinski definition) is 1. The van der Waals surface area contributed by atoms with Gasteiger partial charge in [0.15, 0.2) is 5.82 Å². The van der Waals surface area contributed by atoms with Gasteiger partial charge in [-0.1, -0.05) is 40.8 Å². The highest BCUT2D eigenvalue weighted by molar-refractivity contribution is 6.33. The first-order valence-electron chi connectivity index (χ1n) is 8.04. The molecule has 1 saturated carbocycles. The molecule has 2 heterocycles. The third-order valence-electron chi connectivity index (χ3n) is 4.64. The normalized spacial score (nSPS) is 15.8. The van der Waals surface area contributed by atoms with Crippen molar-refractivity contribution < 1.29 is 13.4 Å². The summed E-state index contributed by atoms with van der Waals surface area (Å²) in [5.41, 5.74) is 6.59. The lowest BCUT2D eigenvalue weighted by Crippen LogP contribution is -2.34. The zero-order chi connectivity index (χ0) is 17.6. The monoisotopic (exact) mass is 398 g/mol. The van der Waals surface area contributed by atoms with E-state index in [4.69, 9.17) is 26.4 Å². The number of halogens is 3. The molecule has 2 N–H and O–H groups in total. The Bertz CT molecular complexity index is 914. The van der Waals surface area contributed by atoms with Gasteiger partial charge in [-0.15, -0.1) is 12.4 Å². The maximum Gasteiger partial charge on any atom is 0.263 e. The van der Waals surface area contributed by atoms with Crippen molar-refractivity contribution in [3.63, 3.8) is 0 Å². The summed E-state index contributed by atoms with van der Waals surface area (Å²) >= 11 is 6.16. The van der Waals surface area contributed by atoms with Gasteiger partial charge in [0.2, 0.25) is 0 Å². The molecule has 0 saturated heterocycles. The van der Waals surface area contributed by atoms with Gasteiger partial charge in [-0.25, -0.2) is 4.39 Å². The van der Waals surface area contributed by atoms with Gasteiger partial charge in [0.25, 0.3) is 5.89 Å². The van der Waals surface area contributed by atoms with Gasteiger partial charge in [0, 0.05) is 0 Å². The lowest BCUT2D eigenvalue weighted by molar-refractivity contribution is 0.371. The molecule has 0 aliphatic heterocycles. The van der Waals surface area contributed by atoms with E-state index in [0.29, 0.717) is 17.1 Å². The van der Waals surface area contributed by atoms with Gasteiger partial charge in [0.05, 0.1) is 16.1 Å². The Morgan fingerprint density at radius 3 is 2.58 bits per heavy atom. The molecule has 9 heteroatoms. The first-order chi connectivity index (χ1) is 12.0. The van der Waals surface area contributed by atoms with Crippen LogP contribution in [-0.2, 0) is 5.54 Å². The standard InChI is InChI=1S/C17H16ClFN4O2.ClH/c1-9-12(14(22-24-9)13-10(18)5-4-6-11(13)19)15-21-16(23-25-15)17(20)7-2-3-8-17;/h4-6H,2-3,7-8,20H2,1H3;1H. The molecular weight excluding hydrogens is 382 g/mol. The second-order valence-electron chi connectivity index (χ2n) is 6.35. The van der Waals surface area contributed by atoms with E-state index in [1.165, 1.54) is 12.1 Å². The number of rotatable bonds is 3. The molecule has 0 bridgehead atoms. The van der Waals surface area contributed by atoms with Crippen molar-refractivity contribution in [2.45, 2.75) is 38.1 Å². The van der Waals surface area contributed by atoms with Crippen LogP contribution in [0.25, 0.3) is 22.7 Å². The number of nitrogens with zero attached hydrogens (tertiary/aromatic N) is 3. The quantitative estimate of drug-likeness (QED) is 0.690. The highest BCUT2D eigenvalue weighted by Gasteiger charge is 2.37. The van der Waals surface area contributed by atoms with Crippen molar-refractivity contribution in [2.75, 3.05) is 0 Å². The average molecular weight is 399 g/mol. The van der Waals surface area contributed by atoms with Crippen molar-refractivity contribution in [3.8, 4) is 22.7 Å². The van der Waals surface area contributed by atoms with Crippen LogP contribution in [0.5, 0.6) is 0 Å². The van der Waals surface area contributed by atoms with E-state index in [9.17, 15) is 4.39 Å². The molecule has 3 aromatic rings. The molecule has 6 nitrogen and oxygen atoms in total. The third kappa shape index (κ3) is 3.00. The molecule has 1 fully saturated rings. The minimum Gasteiger partial charge on any atom is -0.360 e. The Morgan fingerprint density at radius 1 is 1.15 bits per heavy atom. The van der Waals surface area contributed by atoms with Crippen LogP contribution in [0.15, 0.2) is 27.2 Å². The molecule has 0 radical (unpaired) electrons. The minimum atomic E-state index is -0.581. The highest BCUT2D eigenvalue weighted by Crippen LogP contribution is 2.40. The number of benzene rings is 1. The summed E-state index contributed by atoms with van der Waals surface area (Å²) in [6, 6.07) is 4.42. The zero-order valence-corrected chi connectivity index (χ0v) is 15.5. The Kier molecular flexibility index (Phi) is 5.05. The summed E-state index contributed by atoms with van der Waals surface area (Å²) < 4.78 is 24.9. The van der Waals surface area contributed by atoms with E-state index >= 15 is 0 Å². The fraction of sp³-hybridized carbons (Fsp3) is 0.353. The van der Waals surface area contributed by atoms with E-state index < -0.39 is 11.4 Å². The fourth-order valence-corrected chi connectivity index (χ4v) is 3.53. The summed E-state index contributed by atoms with van der Waals surface area (Å²) in [4.78, 5) is 4.44. The summed E-state index contributed by atoms with van der Waals surface area (Å²) in [5, 5.41) is 8.21. The first kappa shape index (κ1) is 18.8. The molecule has 1 aliphatic rings. The second kappa shape index (κ2) is 6.98. The maximum absolute atomic E-state index is 14.3. The number of hydrogen-bond acceptors (Lipinski definition) is 6. The summed E-state index contributed by atoms with van der Waals surface area (Å²) in [6.07, 6.45) is 3.67. The summed E-state index contributed by atoms with van der Waals surface area (Å²) in [7, 11) is 0. The van der Waals surface area contributed by atoms with Gasteiger partial charge in [-0.2, -0.15) is 4.98 Å². The van der Waals surface area contributed by atoms with Crippen LogP contribution in [-0.4, -0.2) is 15.3 Å². The molecule has 2 aromatic heterocycles. The van der Waals surface area contributed by atoms with Gasteiger partial charge in [0.1, 0.15) is 22.8 Å². The van der Waals surface area contributed by atoms with Crippen molar-refractivity contribution >= 4 is 24.0 Å². The average Bonchev–Trinajstić information content (AvgIpc) is 3.28. The van der Waals surface area contributed by atoms with Crippen LogP contribution < -0.4 is 5.73 Å². The molecule has 0 unspecified atom stereocenters. The van der Waals surface area contributed by atoms with Crippen molar-refractivity contribution in [1.29, 1.82) is 0 Å². The Labute approximate surface area is 160 Å². The largest absolute Gasteiger partial charge is 0.360 e. The zero-order valence-electron chi connectivity index (χ0n) is 14.0. The fourth-order valence-electron chi connectivity index (χ4n) is 3.28. The van der Waals surface area contributed by atoms with E-state index in [-0.39, 0.29) is 34.6 Å². The molecule has 0 amide bonds. The van der Waals surface area contributed by atoms with Gasteiger partial charge in [-0.3, -0.25) is 0 Å². The summed E-state index contributed by atoms with van der Waals surface area (Å²) in [5.74, 6) is 0.570. The first-order valence-corrected chi connectivity index (χ1v) is 8.41. The molecule has 0 spiro atoms. The van der Waals surface area contributed by atoms with Gasteiger partial charge in [-0.05, 0) is 31.9 Å². The third-order valence-corrected chi connectivity index (χ3v) is 4.96. The van der Waals surface area contributed by atoms with Crippen LogP contribution in [0.4, 0.5) is 4.39 Å². The Balaban J connectivity index is 0.00000196. The van der Waals surface area contributed by atoms with Crippen LogP contribution >= 0.6 is 24.0 Å². The van der Waals surface area contributed by atoms with Crippen molar-refractivity contribution in [1.82, 2.24) is 15.3 Å². The predicted octanol–water partition coefficient (Wildman–Crippen LogP) is 4.64. The van der Waals surface area contributed by atoms with Gasteiger partial charge >= 0.3 is 0 Å². The van der Waals surface area contributed by atoms with Crippen molar-refractivity contribution in [3.05, 3.63) is 40.6 Å². The van der Waals surface area contributed by atoms with Crippen LogP contribution in [0, 0.1) is 12.7 Å². The Hall–Kier alpha value is -1.96. The van der Waals surface area contributed by atoms with Crippen LogP contribution in [0.3, 0.4) is 0 Å². The molecule has 26 heavy (non-hydrogen) atoms. The lowest BCUT2D eigenvalue weighted by Gasteiger charge is -2.17. The molecule has 4 rings (SSSR count). The predicted molar refractivity (Wildman–Crippen MR) is 96.5 cm³/mol. The van der Waals surface area contributed by atoms with Crippen LogP contribution in [0.1, 0.15) is 37.3 Å². The van der Waals surface area contributed by atoms with Gasteiger partial charge < -0.3 is 14.8 Å².